The van der Waals surface area contributed by atoms with E-state index in [9.17, 15) is 8.42 Å². The van der Waals surface area contributed by atoms with Crippen molar-refractivity contribution in [3.63, 3.8) is 0 Å². The van der Waals surface area contributed by atoms with Crippen molar-refractivity contribution in [2.45, 2.75) is 11.8 Å². The first-order valence-corrected chi connectivity index (χ1v) is 7.24. The molecule has 0 unspecified atom stereocenters. The Labute approximate surface area is 116 Å². The molecule has 2 rings (SSSR count). The molecular weight excluding hydrogens is 286 g/mol. The molecule has 5 nitrogen and oxygen atoms in total. The SMILES string of the molecule is Cc1cc(N)cc(S(=O)(=O)Nc2cnccc2Cl)c1. The van der Waals surface area contributed by atoms with E-state index in [1.165, 1.54) is 30.6 Å². The Hall–Kier alpha value is -1.79. The van der Waals surface area contributed by atoms with Crippen LogP contribution in [0.4, 0.5) is 11.4 Å². The first kappa shape index (κ1) is 13.6. The number of hydrogen-bond donors (Lipinski definition) is 2. The average Bonchev–Trinajstić information content (AvgIpc) is 2.31. The number of nitrogens with one attached hydrogen (secondary N) is 1. The molecule has 0 bridgehead atoms. The van der Waals surface area contributed by atoms with Crippen LogP contribution >= 0.6 is 11.6 Å². The Morgan fingerprint density at radius 3 is 2.68 bits per heavy atom. The van der Waals surface area contributed by atoms with E-state index < -0.39 is 10.0 Å². The molecule has 7 heteroatoms. The maximum atomic E-state index is 12.2. The van der Waals surface area contributed by atoms with Crippen molar-refractivity contribution in [3.8, 4) is 0 Å². The van der Waals surface area contributed by atoms with Crippen LogP contribution in [0, 0.1) is 6.92 Å². The van der Waals surface area contributed by atoms with E-state index in [1.807, 2.05) is 0 Å². The van der Waals surface area contributed by atoms with Crippen molar-refractivity contribution < 1.29 is 8.42 Å². The molecule has 0 spiro atoms. The van der Waals surface area contributed by atoms with Gasteiger partial charge in [-0.05, 0) is 36.8 Å². The van der Waals surface area contributed by atoms with Crippen molar-refractivity contribution in [1.82, 2.24) is 4.98 Å². The third-order valence-electron chi connectivity index (χ3n) is 2.40. The second-order valence-corrected chi connectivity index (χ2v) is 6.13. The molecule has 0 aliphatic carbocycles. The van der Waals surface area contributed by atoms with E-state index in [1.54, 1.807) is 13.0 Å². The van der Waals surface area contributed by atoms with Gasteiger partial charge in [-0.1, -0.05) is 11.6 Å². The van der Waals surface area contributed by atoms with E-state index in [0.29, 0.717) is 5.69 Å². The van der Waals surface area contributed by atoms with E-state index in [4.69, 9.17) is 17.3 Å². The van der Waals surface area contributed by atoms with E-state index in [2.05, 4.69) is 9.71 Å². The lowest BCUT2D eigenvalue weighted by atomic mass is 10.2. The number of rotatable bonds is 3. The fraction of sp³-hybridized carbons (Fsp3) is 0.0833. The van der Waals surface area contributed by atoms with Crippen LogP contribution in [0.15, 0.2) is 41.6 Å². The number of nitrogens with zero attached hydrogens (tertiary/aromatic N) is 1. The molecule has 19 heavy (non-hydrogen) atoms. The normalized spacial score (nSPS) is 11.3. The summed E-state index contributed by atoms with van der Waals surface area (Å²) in [5.74, 6) is 0. The van der Waals surface area contributed by atoms with Crippen molar-refractivity contribution in [3.05, 3.63) is 47.2 Å². The van der Waals surface area contributed by atoms with Gasteiger partial charge in [-0.25, -0.2) is 8.42 Å². The lowest BCUT2D eigenvalue weighted by molar-refractivity contribution is 0.601. The summed E-state index contributed by atoms with van der Waals surface area (Å²) in [6.07, 6.45) is 2.82. The highest BCUT2D eigenvalue weighted by atomic mass is 35.5. The lowest BCUT2D eigenvalue weighted by Gasteiger charge is -2.10. The largest absolute Gasteiger partial charge is 0.399 e. The maximum Gasteiger partial charge on any atom is 0.262 e. The molecule has 0 saturated carbocycles. The molecule has 3 N–H and O–H groups in total. The fourth-order valence-corrected chi connectivity index (χ4v) is 3.00. The maximum absolute atomic E-state index is 12.2. The predicted octanol–water partition coefficient (Wildman–Crippen LogP) is 2.43. The van der Waals surface area contributed by atoms with Gasteiger partial charge in [0.25, 0.3) is 10.0 Å². The van der Waals surface area contributed by atoms with Crippen LogP contribution in [0.1, 0.15) is 5.56 Å². The summed E-state index contributed by atoms with van der Waals surface area (Å²) in [5, 5.41) is 0.277. The third kappa shape index (κ3) is 3.15. The van der Waals surface area contributed by atoms with Crippen LogP contribution in [-0.2, 0) is 10.0 Å². The molecule has 0 amide bonds. The van der Waals surface area contributed by atoms with Crippen LogP contribution in [0.2, 0.25) is 5.02 Å². The van der Waals surface area contributed by atoms with E-state index >= 15 is 0 Å². The zero-order valence-corrected chi connectivity index (χ0v) is 11.7. The van der Waals surface area contributed by atoms with Gasteiger partial charge in [0, 0.05) is 11.9 Å². The van der Waals surface area contributed by atoms with Crippen molar-refractivity contribution in [1.29, 1.82) is 0 Å². The van der Waals surface area contributed by atoms with Gasteiger partial charge in [0.15, 0.2) is 0 Å². The van der Waals surface area contributed by atoms with Gasteiger partial charge in [0.2, 0.25) is 0 Å². The molecule has 1 aromatic carbocycles. The molecule has 0 aliphatic rings. The summed E-state index contributed by atoms with van der Waals surface area (Å²) < 4.78 is 26.8. The average molecular weight is 298 g/mol. The highest BCUT2D eigenvalue weighted by Crippen LogP contribution is 2.24. The first-order valence-electron chi connectivity index (χ1n) is 5.38. The number of hydrogen-bond acceptors (Lipinski definition) is 4. The first-order chi connectivity index (χ1) is 8.88. The highest BCUT2D eigenvalue weighted by Gasteiger charge is 2.16. The van der Waals surface area contributed by atoms with Gasteiger partial charge in [-0.15, -0.1) is 0 Å². The zero-order valence-electron chi connectivity index (χ0n) is 10.1. The summed E-state index contributed by atoms with van der Waals surface area (Å²) in [4.78, 5) is 3.91. The number of halogens is 1. The van der Waals surface area contributed by atoms with Crippen LogP contribution in [-0.4, -0.2) is 13.4 Å². The summed E-state index contributed by atoms with van der Waals surface area (Å²) >= 11 is 5.89. The van der Waals surface area contributed by atoms with Crippen LogP contribution in [0.3, 0.4) is 0 Å². The number of pyridine rings is 1. The van der Waals surface area contributed by atoms with Gasteiger partial charge in [0.1, 0.15) is 0 Å². The van der Waals surface area contributed by atoms with Gasteiger partial charge in [-0.3, -0.25) is 9.71 Å². The smallest absolute Gasteiger partial charge is 0.262 e. The van der Waals surface area contributed by atoms with Gasteiger partial charge < -0.3 is 5.73 Å². The van der Waals surface area contributed by atoms with Gasteiger partial charge in [0.05, 0.1) is 21.8 Å². The molecule has 0 saturated heterocycles. The van der Waals surface area contributed by atoms with Crippen molar-refractivity contribution in [2.75, 3.05) is 10.5 Å². The fourth-order valence-electron chi connectivity index (χ4n) is 1.59. The Morgan fingerprint density at radius 2 is 2.05 bits per heavy atom. The molecule has 0 fully saturated rings. The standard InChI is InChI=1S/C12H12ClN3O2S/c1-8-4-9(14)6-10(5-8)19(17,18)16-12-7-15-3-2-11(12)13/h2-7,16H,14H2,1H3. The number of nitrogens with two attached hydrogens (primary N) is 1. The quantitative estimate of drug-likeness (QED) is 0.852. The zero-order chi connectivity index (χ0) is 14.0. The molecule has 0 radical (unpaired) electrons. The van der Waals surface area contributed by atoms with Crippen LogP contribution < -0.4 is 10.5 Å². The molecule has 1 heterocycles. The number of aryl methyl sites for hydroxylation is 1. The molecule has 2 aromatic rings. The monoisotopic (exact) mass is 297 g/mol. The molecule has 100 valence electrons. The third-order valence-corrected chi connectivity index (χ3v) is 4.07. The minimum atomic E-state index is -3.74. The predicted molar refractivity (Wildman–Crippen MR) is 75.6 cm³/mol. The van der Waals surface area contributed by atoms with E-state index in [0.717, 1.165) is 5.56 Å². The lowest BCUT2D eigenvalue weighted by Crippen LogP contribution is -2.14. The second kappa shape index (κ2) is 5.07. The summed E-state index contributed by atoms with van der Waals surface area (Å²) in [6.45, 7) is 1.77. The summed E-state index contributed by atoms with van der Waals surface area (Å²) in [5.41, 5.74) is 7.02. The minimum absolute atomic E-state index is 0.0879. The van der Waals surface area contributed by atoms with Crippen molar-refractivity contribution in [2.24, 2.45) is 0 Å². The summed E-state index contributed by atoms with van der Waals surface area (Å²) in [6, 6.07) is 6.11. The molecule has 0 aliphatic heterocycles. The molecular formula is C12H12ClN3O2S. The Morgan fingerprint density at radius 1 is 1.32 bits per heavy atom. The minimum Gasteiger partial charge on any atom is -0.399 e. The van der Waals surface area contributed by atoms with Crippen LogP contribution in [0.25, 0.3) is 0 Å². The highest BCUT2D eigenvalue weighted by molar-refractivity contribution is 7.92. The Balaban J connectivity index is 2.41. The van der Waals surface area contributed by atoms with Crippen molar-refractivity contribution >= 4 is 33.0 Å². The van der Waals surface area contributed by atoms with Gasteiger partial charge >= 0.3 is 0 Å². The van der Waals surface area contributed by atoms with Crippen LogP contribution in [0.5, 0.6) is 0 Å². The number of benzene rings is 1. The number of anilines is 2. The van der Waals surface area contributed by atoms with E-state index in [-0.39, 0.29) is 15.6 Å². The second-order valence-electron chi connectivity index (χ2n) is 4.04. The van der Waals surface area contributed by atoms with Gasteiger partial charge in [-0.2, -0.15) is 0 Å². The molecule has 1 aromatic heterocycles. The number of sulfonamides is 1. The molecule has 0 atom stereocenters. The number of nitrogen functional groups attached to an aromatic ring is 1. The summed E-state index contributed by atoms with van der Waals surface area (Å²) in [7, 11) is -3.74. The Kier molecular flexibility index (Phi) is 3.64. The number of aromatic nitrogens is 1. The Bertz CT molecular complexity index is 696. The topological polar surface area (TPSA) is 85.1 Å².